The van der Waals surface area contributed by atoms with Gasteiger partial charge in [0.25, 0.3) is 0 Å². The molecule has 1 aromatic heterocycles. The molecule has 0 bridgehead atoms. The molecule has 1 aromatic carbocycles. The number of aryl methyl sites for hydroxylation is 2. The molecule has 0 N–H and O–H groups in total. The summed E-state index contributed by atoms with van der Waals surface area (Å²) in [7, 11) is 3.22. The Balaban J connectivity index is 2.23. The first-order valence-corrected chi connectivity index (χ1v) is 5.87. The van der Waals surface area contributed by atoms with E-state index in [0.717, 1.165) is 11.4 Å². The van der Waals surface area contributed by atoms with Gasteiger partial charge in [0.15, 0.2) is 5.78 Å². The smallest absolute Gasteiger partial charge is 0.171 e. The van der Waals surface area contributed by atoms with Gasteiger partial charge in [0.2, 0.25) is 0 Å². The molecule has 4 nitrogen and oxygen atoms in total. The minimum atomic E-state index is -0.566. The number of benzene rings is 1. The van der Waals surface area contributed by atoms with E-state index >= 15 is 0 Å². The molecule has 1 heterocycles. The van der Waals surface area contributed by atoms with E-state index in [-0.39, 0.29) is 17.8 Å². The fraction of sp³-hybridized carbons (Fsp3) is 0.286. The lowest BCUT2D eigenvalue weighted by atomic mass is 10.1. The van der Waals surface area contributed by atoms with Crippen molar-refractivity contribution in [3.8, 4) is 5.75 Å². The van der Waals surface area contributed by atoms with Crippen LogP contribution in [0, 0.1) is 12.7 Å². The Morgan fingerprint density at radius 3 is 2.68 bits per heavy atom. The molecule has 0 aliphatic heterocycles. The van der Waals surface area contributed by atoms with Crippen LogP contribution < -0.4 is 4.74 Å². The molecular formula is C14H15FN2O2. The maximum Gasteiger partial charge on any atom is 0.171 e. The van der Waals surface area contributed by atoms with Crippen molar-refractivity contribution < 1.29 is 13.9 Å². The summed E-state index contributed by atoms with van der Waals surface area (Å²) in [6, 6.07) is 6.05. The second kappa shape index (κ2) is 5.22. The number of hydrogen-bond donors (Lipinski definition) is 0. The van der Waals surface area contributed by atoms with Gasteiger partial charge >= 0.3 is 0 Å². The van der Waals surface area contributed by atoms with Crippen LogP contribution in [0.3, 0.4) is 0 Å². The molecule has 0 atom stereocenters. The van der Waals surface area contributed by atoms with Gasteiger partial charge in [-0.25, -0.2) is 4.39 Å². The Bertz CT molecular complexity index is 620. The lowest BCUT2D eigenvalue weighted by molar-refractivity contribution is 0.0987. The number of aromatic nitrogens is 2. The number of ether oxygens (including phenoxy) is 1. The molecular weight excluding hydrogens is 247 g/mol. The van der Waals surface area contributed by atoms with Crippen LogP contribution in [0.25, 0.3) is 0 Å². The maximum atomic E-state index is 13.8. The van der Waals surface area contributed by atoms with Crippen molar-refractivity contribution in [2.45, 2.75) is 13.3 Å². The number of nitrogens with zero attached hydrogens (tertiary/aromatic N) is 2. The number of Topliss-reactive ketones (excluding diaryl/α,β-unsaturated/α-hetero) is 1. The van der Waals surface area contributed by atoms with Crippen molar-refractivity contribution in [3.63, 3.8) is 0 Å². The van der Waals surface area contributed by atoms with Crippen LogP contribution in [-0.4, -0.2) is 22.7 Å². The first kappa shape index (κ1) is 13.3. The second-order valence-corrected chi connectivity index (χ2v) is 4.35. The monoisotopic (exact) mass is 262 g/mol. The molecule has 0 aliphatic carbocycles. The SMILES string of the molecule is COc1ccc(C(=O)Cc2cc(C)nn2C)c(F)c1. The minimum absolute atomic E-state index is 0.0691. The number of carbonyl (C=O) groups is 1. The standard InChI is InChI=1S/C14H15FN2O2/c1-9-6-10(17(2)16-9)7-14(18)12-5-4-11(19-3)8-13(12)15/h4-6,8H,7H2,1-3H3. The second-order valence-electron chi connectivity index (χ2n) is 4.35. The summed E-state index contributed by atoms with van der Waals surface area (Å²) < 4.78 is 20.3. The van der Waals surface area contributed by atoms with Crippen LogP contribution in [0.4, 0.5) is 4.39 Å². The summed E-state index contributed by atoms with van der Waals surface area (Å²) in [4.78, 5) is 12.1. The zero-order valence-electron chi connectivity index (χ0n) is 11.1. The average Bonchev–Trinajstić information content (AvgIpc) is 2.67. The largest absolute Gasteiger partial charge is 0.497 e. The number of rotatable bonds is 4. The first-order valence-electron chi connectivity index (χ1n) is 5.87. The van der Waals surface area contributed by atoms with E-state index in [1.165, 1.54) is 19.2 Å². The van der Waals surface area contributed by atoms with E-state index in [1.807, 2.05) is 13.0 Å². The zero-order valence-corrected chi connectivity index (χ0v) is 11.1. The highest BCUT2D eigenvalue weighted by Crippen LogP contribution is 2.18. The summed E-state index contributed by atoms with van der Waals surface area (Å²) in [5, 5.41) is 4.16. The molecule has 2 aromatic rings. The molecule has 0 spiro atoms. The summed E-state index contributed by atoms with van der Waals surface area (Å²) in [6.45, 7) is 1.85. The van der Waals surface area contributed by atoms with Crippen LogP contribution in [0.2, 0.25) is 0 Å². The normalized spacial score (nSPS) is 10.5. The van der Waals surface area contributed by atoms with Crippen molar-refractivity contribution in [3.05, 3.63) is 47.0 Å². The molecule has 0 saturated heterocycles. The van der Waals surface area contributed by atoms with Crippen molar-refractivity contribution in [1.82, 2.24) is 9.78 Å². The van der Waals surface area contributed by atoms with Gasteiger partial charge in [0.05, 0.1) is 24.8 Å². The molecule has 0 saturated carbocycles. The fourth-order valence-corrected chi connectivity index (χ4v) is 1.94. The summed E-state index contributed by atoms with van der Waals surface area (Å²) in [5.41, 5.74) is 1.66. The van der Waals surface area contributed by atoms with Gasteiger partial charge in [-0.05, 0) is 25.1 Å². The van der Waals surface area contributed by atoms with E-state index in [0.29, 0.717) is 5.75 Å². The molecule has 5 heteroatoms. The Labute approximate surface area is 110 Å². The summed E-state index contributed by atoms with van der Waals surface area (Å²) in [6.07, 6.45) is 0.126. The van der Waals surface area contributed by atoms with E-state index in [1.54, 1.807) is 17.8 Å². The number of halogens is 1. The van der Waals surface area contributed by atoms with Gasteiger partial charge in [-0.15, -0.1) is 0 Å². The van der Waals surface area contributed by atoms with Crippen LogP contribution in [-0.2, 0) is 13.5 Å². The highest BCUT2D eigenvalue weighted by Gasteiger charge is 2.15. The Morgan fingerprint density at radius 1 is 1.42 bits per heavy atom. The Morgan fingerprint density at radius 2 is 2.16 bits per heavy atom. The Kier molecular flexibility index (Phi) is 3.64. The van der Waals surface area contributed by atoms with Crippen molar-refractivity contribution >= 4 is 5.78 Å². The third-order valence-corrected chi connectivity index (χ3v) is 2.92. The fourth-order valence-electron chi connectivity index (χ4n) is 1.94. The molecule has 100 valence electrons. The molecule has 0 amide bonds. The topological polar surface area (TPSA) is 44.1 Å². The molecule has 2 rings (SSSR count). The molecule has 0 unspecified atom stereocenters. The highest BCUT2D eigenvalue weighted by atomic mass is 19.1. The lowest BCUT2D eigenvalue weighted by Crippen LogP contribution is -2.09. The third kappa shape index (κ3) is 2.81. The Hall–Kier alpha value is -2.17. The zero-order chi connectivity index (χ0) is 14.0. The predicted molar refractivity (Wildman–Crippen MR) is 68.9 cm³/mol. The van der Waals surface area contributed by atoms with Crippen LogP contribution >= 0.6 is 0 Å². The van der Waals surface area contributed by atoms with Crippen molar-refractivity contribution in [2.75, 3.05) is 7.11 Å². The maximum absolute atomic E-state index is 13.8. The third-order valence-electron chi connectivity index (χ3n) is 2.92. The summed E-state index contributed by atoms with van der Waals surface area (Å²) >= 11 is 0. The summed E-state index contributed by atoms with van der Waals surface area (Å²) in [5.74, 6) is -0.447. The highest BCUT2D eigenvalue weighted by molar-refractivity contribution is 5.97. The van der Waals surface area contributed by atoms with Gasteiger partial charge in [0, 0.05) is 18.8 Å². The lowest BCUT2D eigenvalue weighted by Gasteiger charge is -2.05. The van der Waals surface area contributed by atoms with Crippen molar-refractivity contribution in [1.29, 1.82) is 0 Å². The molecule has 0 radical (unpaired) electrons. The number of ketones is 1. The van der Waals surface area contributed by atoms with Crippen LogP contribution in [0.1, 0.15) is 21.7 Å². The van der Waals surface area contributed by atoms with Gasteiger partial charge in [0.1, 0.15) is 11.6 Å². The van der Waals surface area contributed by atoms with Gasteiger partial charge < -0.3 is 4.74 Å². The average molecular weight is 262 g/mol. The number of methoxy groups -OCH3 is 1. The van der Waals surface area contributed by atoms with Crippen molar-refractivity contribution in [2.24, 2.45) is 7.05 Å². The van der Waals surface area contributed by atoms with E-state index in [9.17, 15) is 9.18 Å². The van der Waals surface area contributed by atoms with Crippen LogP contribution in [0.15, 0.2) is 24.3 Å². The van der Waals surface area contributed by atoms with Crippen LogP contribution in [0.5, 0.6) is 5.75 Å². The van der Waals surface area contributed by atoms with Gasteiger partial charge in [-0.3, -0.25) is 9.48 Å². The molecule has 0 aliphatic rings. The van der Waals surface area contributed by atoms with E-state index < -0.39 is 5.82 Å². The van der Waals surface area contributed by atoms with Gasteiger partial charge in [-0.1, -0.05) is 0 Å². The van der Waals surface area contributed by atoms with E-state index in [4.69, 9.17) is 4.74 Å². The van der Waals surface area contributed by atoms with E-state index in [2.05, 4.69) is 5.10 Å². The number of hydrogen-bond acceptors (Lipinski definition) is 3. The predicted octanol–water partition coefficient (Wildman–Crippen LogP) is 2.30. The molecule has 0 fully saturated rings. The molecule has 19 heavy (non-hydrogen) atoms. The quantitative estimate of drug-likeness (QED) is 0.794. The first-order chi connectivity index (χ1) is 9.01. The minimum Gasteiger partial charge on any atom is -0.497 e. The number of carbonyl (C=O) groups excluding carboxylic acids is 1. The van der Waals surface area contributed by atoms with Gasteiger partial charge in [-0.2, -0.15) is 5.10 Å².